The third-order valence-corrected chi connectivity index (χ3v) is 2.96. The summed E-state index contributed by atoms with van der Waals surface area (Å²) in [6.07, 6.45) is -4.68. The molecule has 9 heteroatoms. The number of alkyl halides is 3. The average molecular weight is 332 g/mol. The third kappa shape index (κ3) is 3.27. The SMILES string of the molecule is CCOc1cc(C(=O)O)cc(F)c1-n1nc(C(F)(F)F)cc1C. The standard InChI is InChI=1S/C14H12F4N2O3/c1-3-23-10-6-8(13(21)22)5-9(15)12(10)20-7(2)4-11(19-20)14(16,17)18/h4-6H,3H2,1-2H3,(H,21,22). The molecule has 0 amide bonds. The molecule has 0 aliphatic carbocycles. The van der Waals surface area contributed by atoms with Crippen LogP contribution < -0.4 is 4.74 Å². The second kappa shape index (κ2) is 5.90. The van der Waals surface area contributed by atoms with E-state index < -0.39 is 23.7 Å². The van der Waals surface area contributed by atoms with Gasteiger partial charge in [0.1, 0.15) is 11.4 Å². The first-order chi connectivity index (χ1) is 10.6. The van der Waals surface area contributed by atoms with Crippen LogP contribution in [0.2, 0.25) is 0 Å². The van der Waals surface area contributed by atoms with Crippen LogP contribution in [0.3, 0.4) is 0 Å². The Balaban J connectivity index is 2.67. The summed E-state index contributed by atoms with van der Waals surface area (Å²) in [6.45, 7) is 2.97. The van der Waals surface area contributed by atoms with Gasteiger partial charge in [-0.3, -0.25) is 0 Å². The molecule has 0 atom stereocenters. The molecule has 2 rings (SSSR count). The second-order valence-electron chi connectivity index (χ2n) is 4.62. The van der Waals surface area contributed by atoms with Crippen molar-refractivity contribution in [2.75, 3.05) is 6.61 Å². The van der Waals surface area contributed by atoms with Gasteiger partial charge in [0.25, 0.3) is 0 Å². The van der Waals surface area contributed by atoms with Crippen molar-refractivity contribution in [2.24, 2.45) is 0 Å². The van der Waals surface area contributed by atoms with Crippen molar-refractivity contribution in [3.8, 4) is 11.4 Å². The lowest BCUT2D eigenvalue weighted by Crippen LogP contribution is -2.11. The van der Waals surface area contributed by atoms with Crippen molar-refractivity contribution in [1.29, 1.82) is 0 Å². The van der Waals surface area contributed by atoms with Crippen molar-refractivity contribution < 1.29 is 32.2 Å². The number of ether oxygens (including phenoxy) is 1. The maximum absolute atomic E-state index is 14.3. The Kier molecular flexibility index (Phi) is 4.31. The molecule has 0 fully saturated rings. The van der Waals surface area contributed by atoms with Crippen molar-refractivity contribution in [3.05, 3.63) is 41.0 Å². The lowest BCUT2D eigenvalue weighted by Gasteiger charge is -2.13. The number of hydrogen-bond donors (Lipinski definition) is 1. The highest BCUT2D eigenvalue weighted by Crippen LogP contribution is 2.33. The van der Waals surface area contributed by atoms with Crippen LogP contribution in [0.5, 0.6) is 5.75 Å². The van der Waals surface area contributed by atoms with Crippen LogP contribution in [0, 0.1) is 12.7 Å². The highest BCUT2D eigenvalue weighted by molar-refractivity contribution is 5.88. The summed E-state index contributed by atoms with van der Waals surface area (Å²) in [5.74, 6) is -2.64. The topological polar surface area (TPSA) is 64.3 Å². The summed E-state index contributed by atoms with van der Waals surface area (Å²) in [5.41, 5.74) is -1.90. The molecule has 0 saturated carbocycles. The maximum Gasteiger partial charge on any atom is 0.435 e. The van der Waals surface area contributed by atoms with Crippen LogP contribution in [0.25, 0.3) is 5.69 Å². The van der Waals surface area contributed by atoms with Gasteiger partial charge in [0, 0.05) is 5.69 Å². The maximum atomic E-state index is 14.3. The first-order valence-corrected chi connectivity index (χ1v) is 6.49. The first-order valence-electron chi connectivity index (χ1n) is 6.49. The molecule has 124 valence electrons. The largest absolute Gasteiger partial charge is 0.491 e. The zero-order chi connectivity index (χ0) is 17.4. The Morgan fingerprint density at radius 1 is 1.35 bits per heavy atom. The quantitative estimate of drug-likeness (QED) is 0.871. The van der Waals surface area contributed by atoms with Crippen LogP contribution in [0.15, 0.2) is 18.2 Å². The Labute approximate surface area is 128 Å². The molecule has 0 radical (unpaired) electrons. The van der Waals surface area contributed by atoms with Crippen molar-refractivity contribution in [2.45, 2.75) is 20.0 Å². The Hall–Kier alpha value is -2.58. The fourth-order valence-corrected chi connectivity index (χ4v) is 2.01. The van der Waals surface area contributed by atoms with Gasteiger partial charge in [0.15, 0.2) is 11.5 Å². The predicted molar refractivity (Wildman–Crippen MR) is 71.4 cm³/mol. The molecule has 0 aliphatic rings. The Morgan fingerprint density at radius 2 is 2.00 bits per heavy atom. The van der Waals surface area contributed by atoms with E-state index in [1.807, 2.05) is 0 Å². The third-order valence-electron chi connectivity index (χ3n) is 2.96. The zero-order valence-electron chi connectivity index (χ0n) is 12.1. The molecule has 0 saturated heterocycles. The first kappa shape index (κ1) is 16.8. The minimum absolute atomic E-state index is 0.0280. The highest BCUT2D eigenvalue weighted by atomic mass is 19.4. The number of carbonyl (C=O) groups is 1. The molecule has 0 unspecified atom stereocenters. The normalized spacial score (nSPS) is 11.6. The summed E-state index contributed by atoms with van der Waals surface area (Å²) in [6, 6.07) is 2.51. The molecule has 5 nitrogen and oxygen atoms in total. The van der Waals surface area contributed by atoms with Gasteiger partial charge in [0.2, 0.25) is 0 Å². The van der Waals surface area contributed by atoms with Crippen molar-refractivity contribution >= 4 is 5.97 Å². The number of benzene rings is 1. The highest BCUT2D eigenvalue weighted by Gasteiger charge is 2.35. The van der Waals surface area contributed by atoms with Crippen molar-refractivity contribution in [1.82, 2.24) is 9.78 Å². The van der Waals surface area contributed by atoms with E-state index in [4.69, 9.17) is 9.84 Å². The van der Waals surface area contributed by atoms with E-state index in [1.165, 1.54) is 6.92 Å². The van der Waals surface area contributed by atoms with Crippen LogP contribution >= 0.6 is 0 Å². The van der Waals surface area contributed by atoms with E-state index in [-0.39, 0.29) is 29.3 Å². The molecule has 0 bridgehead atoms. The Bertz CT molecular complexity index is 753. The number of aryl methyl sites for hydroxylation is 1. The summed E-state index contributed by atoms with van der Waals surface area (Å²) in [4.78, 5) is 11.0. The molecule has 0 spiro atoms. The van der Waals surface area contributed by atoms with E-state index in [2.05, 4.69) is 5.10 Å². The van der Waals surface area contributed by atoms with E-state index >= 15 is 0 Å². The average Bonchev–Trinajstić information content (AvgIpc) is 2.80. The fourth-order valence-electron chi connectivity index (χ4n) is 2.01. The smallest absolute Gasteiger partial charge is 0.435 e. The minimum atomic E-state index is -4.68. The number of carboxylic acid groups (broad SMARTS) is 1. The van der Waals surface area contributed by atoms with Gasteiger partial charge in [0.05, 0.1) is 12.2 Å². The van der Waals surface area contributed by atoms with Crippen molar-refractivity contribution in [3.63, 3.8) is 0 Å². The van der Waals surface area contributed by atoms with Crippen LogP contribution in [-0.2, 0) is 6.18 Å². The van der Waals surface area contributed by atoms with Gasteiger partial charge in [-0.1, -0.05) is 0 Å². The molecule has 23 heavy (non-hydrogen) atoms. The summed E-state index contributed by atoms with van der Waals surface area (Å²) in [7, 11) is 0. The number of aromatic nitrogens is 2. The molecule has 1 N–H and O–H groups in total. The molecular formula is C14H12F4N2O3. The van der Waals surface area contributed by atoms with Gasteiger partial charge in [-0.15, -0.1) is 0 Å². The number of hydrogen-bond acceptors (Lipinski definition) is 3. The van der Waals surface area contributed by atoms with E-state index in [0.29, 0.717) is 6.07 Å². The van der Waals surface area contributed by atoms with Crippen LogP contribution in [0.4, 0.5) is 17.6 Å². The van der Waals surface area contributed by atoms with Gasteiger partial charge in [-0.2, -0.15) is 18.3 Å². The van der Waals surface area contributed by atoms with E-state index in [0.717, 1.165) is 16.8 Å². The lowest BCUT2D eigenvalue weighted by atomic mass is 10.1. The molecule has 0 aliphatic heterocycles. The summed E-state index contributed by atoms with van der Waals surface area (Å²) >= 11 is 0. The molecule has 2 aromatic rings. The number of halogens is 4. The Morgan fingerprint density at radius 3 is 2.48 bits per heavy atom. The van der Waals surface area contributed by atoms with Gasteiger partial charge >= 0.3 is 12.1 Å². The lowest BCUT2D eigenvalue weighted by molar-refractivity contribution is -0.141. The van der Waals surface area contributed by atoms with E-state index in [9.17, 15) is 22.4 Å². The number of aromatic carboxylic acids is 1. The number of nitrogens with zero attached hydrogens (tertiary/aromatic N) is 2. The predicted octanol–water partition coefficient (Wildman–Crippen LogP) is 3.44. The second-order valence-corrected chi connectivity index (χ2v) is 4.62. The molecule has 1 heterocycles. The molecule has 1 aromatic carbocycles. The number of carboxylic acids is 1. The van der Waals surface area contributed by atoms with Gasteiger partial charge in [-0.05, 0) is 32.0 Å². The monoisotopic (exact) mass is 332 g/mol. The van der Waals surface area contributed by atoms with Gasteiger partial charge < -0.3 is 9.84 Å². The molecule has 1 aromatic heterocycles. The fraction of sp³-hybridized carbons (Fsp3) is 0.286. The van der Waals surface area contributed by atoms with Crippen LogP contribution in [-0.4, -0.2) is 27.5 Å². The number of rotatable bonds is 4. The minimum Gasteiger partial charge on any atom is -0.491 e. The van der Waals surface area contributed by atoms with E-state index in [1.54, 1.807) is 6.92 Å². The summed E-state index contributed by atoms with van der Waals surface area (Å²) < 4.78 is 58.4. The summed E-state index contributed by atoms with van der Waals surface area (Å²) in [5, 5.41) is 12.3. The zero-order valence-corrected chi connectivity index (χ0v) is 12.1. The molecular weight excluding hydrogens is 320 g/mol. The van der Waals surface area contributed by atoms with Crippen LogP contribution in [0.1, 0.15) is 28.7 Å². The van der Waals surface area contributed by atoms with Gasteiger partial charge in [-0.25, -0.2) is 13.9 Å².